The topological polar surface area (TPSA) is 43.1 Å². The van der Waals surface area contributed by atoms with E-state index in [0.29, 0.717) is 12.3 Å². The Bertz CT molecular complexity index is 406. The SMILES string of the molecule is NCc1ccc(C(=O)C[Si]23CC2C3)cc1. The molecule has 2 fully saturated rings. The number of carbonyl (C=O) groups excluding carboxylic acids is 1. The lowest BCUT2D eigenvalue weighted by molar-refractivity contribution is 0.101. The summed E-state index contributed by atoms with van der Waals surface area (Å²) in [6.07, 6.45) is 0. The number of ketones is 1. The molecule has 0 atom stereocenters. The summed E-state index contributed by atoms with van der Waals surface area (Å²) in [5, 5.41) is 0. The summed E-state index contributed by atoms with van der Waals surface area (Å²) >= 11 is 0. The van der Waals surface area contributed by atoms with Gasteiger partial charge < -0.3 is 5.73 Å². The van der Waals surface area contributed by atoms with Crippen LogP contribution in [0.15, 0.2) is 24.3 Å². The van der Waals surface area contributed by atoms with Gasteiger partial charge in [-0.15, -0.1) is 0 Å². The van der Waals surface area contributed by atoms with Gasteiger partial charge in [0.15, 0.2) is 5.78 Å². The van der Waals surface area contributed by atoms with E-state index in [-0.39, 0.29) is 0 Å². The first-order valence-electron chi connectivity index (χ1n) is 5.56. The van der Waals surface area contributed by atoms with Crippen molar-refractivity contribution in [3.05, 3.63) is 35.4 Å². The lowest BCUT2D eigenvalue weighted by Gasteiger charge is -2.03. The Morgan fingerprint density at radius 3 is 2.40 bits per heavy atom. The molecule has 2 heterocycles. The lowest BCUT2D eigenvalue weighted by Crippen LogP contribution is -2.09. The second-order valence-corrected chi connectivity index (χ2v) is 9.68. The molecular formula is C12H15NOSi. The zero-order chi connectivity index (χ0) is 10.5. The summed E-state index contributed by atoms with van der Waals surface area (Å²) in [5.74, 6) is 0.366. The van der Waals surface area contributed by atoms with Crippen LogP contribution in [0.5, 0.6) is 0 Å². The number of hydrogen-bond acceptors (Lipinski definition) is 2. The fourth-order valence-corrected chi connectivity index (χ4v) is 7.10. The Hall–Kier alpha value is -0.933. The van der Waals surface area contributed by atoms with E-state index in [1.54, 1.807) is 0 Å². The average molecular weight is 217 g/mol. The maximum atomic E-state index is 11.9. The molecule has 0 bridgehead atoms. The maximum absolute atomic E-state index is 11.9. The fourth-order valence-electron chi connectivity index (χ4n) is 2.34. The van der Waals surface area contributed by atoms with Gasteiger partial charge in [-0.1, -0.05) is 36.4 Å². The van der Waals surface area contributed by atoms with Crippen molar-refractivity contribution < 1.29 is 4.79 Å². The summed E-state index contributed by atoms with van der Waals surface area (Å²) in [5.41, 5.74) is 8.52. The van der Waals surface area contributed by atoms with E-state index in [1.165, 1.54) is 12.1 Å². The Labute approximate surface area is 90.5 Å². The Balaban J connectivity index is 1.71. The molecule has 2 nitrogen and oxygen atoms in total. The second kappa shape index (κ2) is 3.03. The number of Topliss-reactive ketones (excluding diaryl/α,β-unsaturated/α-hetero) is 1. The van der Waals surface area contributed by atoms with Gasteiger partial charge >= 0.3 is 0 Å². The number of hydrogen-bond donors (Lipinski definition) is 1. The van der Waals surface area contributed by atoms with E-state index in [2.05, 4.69) is 0 Å². The lowest BCUT2D eigenvalue weighted by atomic mass is 10.1. The highest BCUT2D eigenvalue weighted by atomic mass is 28.3. The molecule has 1 aromatic rings. The fraction of sp³-hybridized carbons (Fsp3) is 0.417. The smallest absolute Gasteiger partial charge is 0.160 e. The molecular weight excluding hydrogens is 202 g/mol. The van der Waals surface area contributed by atoms with Gasteiger partial charge in [-0.3, -0.25) is 4.79 Å². The molecule has 0 aromatic heterocycles. The molecule has 78 valence electrons. The number of fused-ring (bicyclic) bond motifs is 1. The molecule has 2 N–H and O–H groups in total. The van der Waals surface area contributed by atoms with Gasteiger partial charge in [-0.25, -0.2) is 0 Å². The molecule has 3 heteroatoms. The zero-order valence-electron chi connectivity index (χ0n) is 8.70. The third-order valence-corrected chi connectivity index (χ3v) is 8.60. The third kappa shape index (κ3) is 1.56. The minimum Gasteiger partial charge on any atom is -0.326 e. The molecule has 3 rings (SSSR count). The van der Waals surface area contributed by atoms with Gasteiger partial charge in [0.1, 0.15) is 0 Å². The minimum absolute atomic E-state index is 0.366. The Kier molecular flexibility index (Phi) is 1.88. The Morgan fingerprint density at radius 2 is 1.93 bits per heavy atom. The molecule has 0 radical (unpaired) electrons. The highest BCUT2D eigenvalue weighted by Gasteiger charge is 2.71. The van der Waals surface area contributed by atoms with Crippen LogP contribution in [0, 0.1) is 0 Å². The predicted molar refractivity (Wildman–Crippen MR) is 62.6 cm³/mol. The van der Waals surface area contributed by atoms with Gasteiger partial charge in [0.2, 0.25) is 0 Å². The molecule has 0 amide bonds. The quantitative estimate of drug-likeness (QED) is 0.620. The number of carbonyl (C=O) groups is 1. The van der Waals surface area contributed by atoms with Gasteiger partial charge in [0, 0.05) is 18.2 Å². The third-order valence-electron chi connectivity index (χ3n) is 3.88. The highest BCUT2D eigenvalue weighted by Crippen LogP contribution is 2.74. The van der Waals surface area contributed by atoms with E-state index >= 15 is 0 Å². The molecule has 0 spiro atoms. The van der Waals surface area contributed by atoms with Crippen molar-refractivity contribution in [3.63, 3.8) is 0 Å². The van der Waals surface area contributed by atoms with Crippen LogP contribution < -0.4 is 5.73 Å². The number of rotatable bonds is 4. The number of benzene rings is 1. The zero-order valence-corrected chi connectivity index (χ0v) is 9.70. The largest absolute Gasteiger partial charge is 0.326 e. The van der Waals surface area contributed by atoms with Crippen LogP contribution in [0.4, 0.5) is 0 Å². The Morgan fingerprint density at radius 1 is 1.33 bits per heavy atom. The van der Waals surface area contributed by atoms with Gasteiger partial charge in [0.05, 0.1) is 8.07 Å². The van der Waals surface area contributed by atoms with Crippen molar-refractivity contribution >= 4 is 13.9 Å². The highest BCUT2D eigenvalue weighted by molar-refractivity contribution is 7.03. The van der Waals surface area contributed by atoms with Crippen LogP contribution >= 0.6 is 0 Å². The first-order chi connectivity index (χ1) is 7.23. The molecule has 2 aliphatic heterocycles. The molecule has 2 saturated heterocycles. The first-order valence-corrected chi connectivity index (χ1v) is 8.26. The van der Waals surface area contributed by atoms with E-state index in [0.717, 1.165) is 22.7 Å². The van der Waals surface area contributed by atoms with Crippen molar-refractivity contribution in [1.29, 1.82) is 0 Å². The molecule has 15 heavy (non-hydrogen) atoms. The molecule has 0 saturated carbocycles. The number of nitrogens with two attached hydrogens (primary N) is 1. The molecule has 2 aliphatic rings. The van der Waals surface area contributed by atoms with Crippen LogP contribution in [0.1, 0.15) is 15.9 Å². The normalized spacial score (nSPS) is 30.9. The van der Waals surface area contributed by atoms with Crippen molar-refractivity contribution in [2.75, 3.05) is 0 Å². The van der Waals surface area contributed by atoms with Crippen LogP contribution in [0.2, 0.25) is 23.7 Å². The summed E-state index contributed by atoms with van der Waals surface area (Å²) in [6, 6.07) is 11.5. The van der Waals surface area contributed by atoms with Crippen molar-refractivity contribution in [3.8, 4) is 0 Å². The molecule has 0 unspecified atom stereocenters. The summed E-state index contributed by atoms with van der Waals surface area (Å²) in [7, 11) is -0.883. The molecule has 1 aromatic carbocycles. The van der Waals surface area contributed by atoms with Gasteiger partial charge in [0.25, 0.3) is 0 Å². The second-order valence-electron chi connectivity index (χ2n) is 4.97. The monoisotopic (exact) mass is 217 g/mol. The van der Waals surface area contributed by atoms with Gasteiger partial charge in [-0.2, -0.15) is 0 Å². The maximum Gasteiger partial charge on any atom is 0.160 e. The van der Waals surface area contributed by atoms with E-state index in [9.17, 15) is 4.79 Å². The van der Waals surface area contributed by atoms with Crippen molar-refractivity contribution in [1.82, 2.24) is 0 Å². The van der Waals surface area contributed by atoms with Crippen LogP contribution in [-0.2, 0) is 6.54 Å². The summed E-state index contributed by atoms with van der Waals surface area (Å²) in [4.78, 5) is 11.9. The van der Waals surface area contributed by atoms with E-state index in [4.69, 9.17) is 5.73 Å². The average Bonchev–Trinajstić information content (AvgIpc) is 3.07. The standard InChI is InChI=1S/C12H15NOSi/c13-5-9-1-3-10(4-2-9)12(14)8-15-6-11(15)7-15/h1-4,11H,5-8,13H2. The minimum atomic E-state index is -0.883. The van der Waals surface area contributed by atoms with Crippen molar-refractivity contribution in [2.45, 2.75) is 30.2 Å². The summed E-state index contributed by atoms with van der Waals surface area (Å²) < 4.78 is 0. The van der Waals surface area contributed by atoms with Gasteiger partial charge in [-0.05, 0) is 11.1 Å². The predicted octanol–water partition coefficient (Wildman–Crippen LogP) is 2.17. The van der Waals surface area contributed by atoms with Crippen molar-refractivity contribution in [2.24, 2.45) is 5.73 Å². The summed E-state index contributed by atoms with van der Waals surface area (Å²) in [6.45, 7) is 0.551. The van der Waals surface area contributed by atoms with Crippen LogP contribution in [0.3, 0.4) is 0 Å². The van der Waals surface area contributed by atoms with E-state index in [1.807, 2.05) is 24.3 Å². The van der Waals surface area contributed by atoms with Crippen LogP contribution in [-0.4, -0.2) is 13.9 Å². The van der Waals surface area contributed by atoms with E-state index < -0.39 is 8.07 Å². The molecule has 0 aliphatic carbocycles. The first kappa shape index (κ1) is 9.30. The van der Waals surface area contributed by atoms with Crippen LogP contribution in [0.25, 0.3) is 0 Å².